The van der Waals surface area contributed by atoms with Crippen LogP contribution in [0.3, 0.4) is 0 Å². The molecule has 4 nitrogen and oxygen atoms in total. The van der Waals surface area contributed by atoms with Crippen molar-refractivity contribution in [2.45, 2.75) is 57.2 Å². The lowest BCUT2D eigenvalue weighted by Gasteiger charge is -2.55. The molecule has 5 saturated carbocycles. The molecule has 10 atom stereocenters. The summed E-state index contributed by atoms with van der Waals surface area (Å²) < 4.78 is 6.33. The number of hydrogen-bond donors (Lipinski definition) is 1. The first-order valence-corrected chi connectivity index (χ1v) is 10.5. The van der Waals surface area contributed by atoms with Crippen molar-refractivity contribution in [3.05, 3.63) is 11.6 Å². The third-order valence-electron chi connectivity index (χ3n) is 9.34. The standard InChI is InChI=1S/C20H24O2.C3H2O2/c1-19-4-2-9(21)6-15(19)10-7-11(10)16-14(19)3-5-20-17(16)12-8-13(12)18(20)22-20;1-2-3(4)5/h6,10-14,16-18H,2-5,7-8H2,1H3;1H,(H,4,5). The first kappa shape index (κ1) is 16.4. The van der Waals surface area contributed by atoms with Crippen LogP contribution in [0.2, 0.25) is 0 Å². The average Bonchev–Trinajstić information content (AvgIpc) is 3.53. The Bertz CT molecular complexity index is 836. The summed E-state index contributed by atoms with van der Waals surface area (Å²) in [6.45, 7) is 2.51. The molecule has 0 bridgehead atoms. The van der Waals surface area contributed by atoms with Crippen molar-refractivity contribution in [2.24, 2.45) is 46.8 Å². The molecule has 0 radical (unpaired) electrons. The van der Waals surface area contributed by atoms with Gasteiger partial charge in [0.15, 0.2) is 5.78 Å². The fourth-order valence-electron chi connectivity index (χ4n) is 8.26. The van der Waals surface area contributed by atoms with Crippen molar-refractivity contribution in [1.29, 1.82) is 0 Å². The van der Waals surface area contributed by atoms with Crippen LogP contribution in [0.4, 0.5) is 0 Å². The van der Waals surface area contributed by atoms with E-state index in [0.717, 1.165) is 54.3 Å². The largest absolute Gasteiger partial charge is 0.472 e. The predicted octanol–water partition coefficient (Wildman–Crippen LogP) is 3.07. The van der Waals surface area contributed by atoms with E-state index in [1.807, 2.05) is 0 Å². The predicted molar refractivity (Wildman–Crippen MR) is 97.4 cm³/mol. The molecule has 142 valence electrons. The monoisotopic (exact) mass is 366 g/mol. The van der Waals surface area contributed by atoms with Gasteiger partial charge in [-0.2, -0.15) is 0 Å². The van der Waals surface area contributed by atoms with E-state index in [2.05, 4.69) is 19.4 Å². The number of carboxylic acids is 1. The normalized spacial score (nSPS) is 56.9. The highest BCUT2D eigenvalue weighted by Gasteiger charge is 2.83. The van der Waals surface area contributed by atoms with Crippen LogP contribution in [0.25, 0.3) is 0 Å². The van der Waals surface area contributed by atoms with Gasteiger partial charge in [0.05, 0.1) is 11.7 Å². The fourth-order valence-corrected chi connectivity index (χ4v) is 8.26. The Morgan fingerprint density at radius 3 is 2.81 bits per heavy atom. The topological polar surface area (TPSA) is 66.9 Å². The number of hydrogen-bond acceptors (Lipinski definition) is 3. The summed E-state index contributed by atoms with van der Waals surface area (Å²) in [5.74, 6) is 6.93. The van der Waals surface area contributed by atoms with E-state index in [0.29, 0.717) is 22.9 Å². The van der Waals surface area contributed by atoms with Crippen LogP contribution in [0, 0.1) is 59.2 Å². The summed E-state index contributed by atoms with van der Waals surface area (Å²) in [5, 5.41) is 7.49. The second-order valence-electron chi connectivity index (χ2n) is 10.2. The summed E-state index contributed by atoms with van der Waals surface area (Å²) in [4.78, 5) is 21.1. The number of epoxide rings is 1. The summed E-state index contributed by atoms with van der Waals surface area (Å²) in [5.41, 5.74) is 2.27. The van der Waals surface area contributed by atoms with Crippen LogP contribution < -0.4 is 0 Å². The first-order valence-electron chi connectivity index (χ1n) is 10.5. The van der Waals surface area contributed by atoms with E-state index in [1.165, 1.54) is 31.6 Å². The maximum absolute atomic E-state index is 12.0. The summed E-state index contributed by atoms with van der Waals surface area (Å²) in [6.07, 6.45) is 14.5. The number of allylic oxidation sites excluding steroid dienone is 1. The van der Waals surface area contributed by atoms with Crippen molar-refractivity contribution in [1.82, 2.24) is 0 Å². The van der Waals surface area contributed by atoms with Crippen molar-refractivity contribution < 1.29 is 19.4 Å². The number of fused-ring (bicyclic) bond motifs is 10. The van der Waals surface area contributed by atoms with E-state index in [9.17, 15) is 4.79 Å². The van der Waals surface area contributed by atoms with Crippen LogP contribution >= 0.6 is 0 Å². The Morgan fingerprint density at radius 1 is 1.30 bits per heavy atom. The molecule has 7 aliphatic rings. The molecule has 1 aliphatic heterocycles. The van der Waals surface area contributed by atoms with Gasteiger partial charge in [-0.1, -0.05) is 12.5 Å². The Morgan fingerprint density at radius 2 is 2.07 bits per heavy atom. The highest BCUT2D eigenvalue weighted by molar-refractivity contribution is 5.92. The van der Waals surface area contributed by atoms with Crippen molar-refractivity contribution >= 4 is 11.8 Å². The van der Waals surface area contributed by atoms with E-state index in [1.54, 1.807) is 5.57 Å². The van der Waals surface area contributed by atoms with E-state index >= 15 is 0 Å². The number of carbonyl (C=O) groups is 2. The Balaban J connectivity index is 0.000000264. The number of ether oxygens (including phenoxy) is 1. The average molecular weight is 366 g/mol. The maximum Gasteiger partial charge on any atom is 0.381 e. The number of ketones is 1. The minimum Gasteiger partial charge on any atom is -0.472 e. The highest BCUT2D eigenvalue weighted by atomic mass is 16.6. The number of aliphatic carboxylic acids is 1. The summed E-state index contributed by atoms with van der Waals surface area (Å²) in [7, 11) is 0. The van der Waals surface area contributed by atoms with Gasteiger partial charge in [-0.3, -0.25) is 4.79 Å². The van der Waals surface area contributed by atoms with Gasteiger partial charge in [-0.15, -0.1) is 6.42 Å². The first-order chi connectivity index (χ1) is 12.9. The number of carboxylic acid groups (broad SMARTS) is 1. The number of terminal acetylenes is 1. The van der Waals surface area contributed by atoms with Gasteiger partial charge in [-0.05, 0) is 85.0 Å². The second kappa shape index (κ2) is 4.87. The molecule has 1 N–H and O–H groups in total. The van der Waals surface area contributed by atoms with Gasteiger partial charge in [0, 0.05) is 12.3 Å². The number of carbonyl (C=O) groups excluding carboxylic acids is 1. The molecule has 0 aromatic rings. The molecule has 7 rings (SSSR count). The van der Waals surface area contributed by atoms with E-state index in [4.69, 9.17) is 14.6 Å². The third-order valence-corrected chi connectivity index (χ3v) is 9.34. The summed E-state index contributed by atoms with van der Waals surface area (Å²) >= 11 is 0. The van der Waals surface area contributed by atoms with Gasteiger partial charge in [0.25, 0.3) is 0 Å². The molecule has 0 aromatic heterocycles. The fraction of sp³-hybridized carbons (Fsp3) is 0.739. The summed E-state index contributed by atoms with van der Waals surface area (Å²) in [6, 6.07) is 0. The molecular weight excluding hydrogens is 340 g/mol. The molecule has 27 heavy (non-hydrogen) atoms. The third kappa shape index (κ3) is 1.94. The van der Waals surface area contributed by atoms with Gasteiger partial charge < -0.3 is 9.84 Å². The zero-order chi connectivity index (χ0) is 18.7. The molecular formula is C23H26O4. The SMILES string of the molecule is C#CC(=O)O.CC12CCC(=O)C=C1C1CC1C1C2CCC23OC2C2CC2C13. The van der Waals surface area contributed by atoms with Gasteiger partial charge in [0.2, 0.25) is 0 Å². The highest BCUT2D eigenvalue weighted by Crippen LogP contribution is 2.81. The molecule has 1 heterocycles. The van der Waals surface area contributed by atoms with Crippen LogP contribution in [0.5, 0.6) is 0 Å². The van der Waals surface area contributed by atoms with E-state index < -0.39 is 5.97 Å². The molecule has 0 aromatic carbocycles. The molecule has 6 fully saturated rings. The van der Waals surface area contributed by atoms with Crippen LogP contribution in [0.1, 0.15) is 45.4 Å². The quantitative estimate of drug-likeness (QED) is 0.528. The van der Waals surface area contributed by atoms with E-state index in [-0.39, 0.29) is 0 Å². The second-order valence-corrected chi connectivity index (χ2v) is 10.2. The lowest BCUT2D eigenvalue weighted by Crippen LogP contribution is -2.51. The number of rotatable bonds is 0. The Kier molecular flexibility index (Phi) is 2.95. The lowest BCUT2D eigenvalue weighted by atomic mass is 9.49. The zero-order valence-electron chi connectivity index (χ0n) is 15.7. The maximum atomic E-state index is 12.0. The molecule has 10 unspecified atom stereocenters. The van der Waals surface area contributed by atoms with Crippen molar-refractivity contribution in [2.75, 3.05) is 0 Å². The molecule has 0 amide bonds. The van der Waals surface area contributed by atoms with Crippen LogP contribution in [0.15, 0.2) is 11.6 Å². The van der Waals surface area contributed by atoms with Crippen molar-refractivity contribution in [3.8, 4) is 12.3 Å². The minimum absolute atomic E-state index is 0.342. The Labute approximate surface area is 159 Å². The van der Waals surface area contributed by atoms with Gasteiger partial charge in [-0.25, -0.2) is 4.79 Å². The smallest absolute Gasteiger partial charge is 0.381 e. The molecule has 1 spiro atoms. The van der Waals surface area contributed by atoms with Crippen molar-refractivity contribution in [3.63, 3.8) is 0 Å². The Hall–Kier alpha value is -1.60. The van der Waals surface area contributed by atoms with Gasteiger partial charge in [0.1, 0.15) is 0 Å². The van der Waals surface area contributed by atoms with Crippen LogP contribution in [-0.4, -0.2) is 28.6 Å². The molecule has 4 heteroatoms. The zero-order valence-corrected chi connectivity index (χ0v) is 15.7. The minimum atomic E-state index is -1.22. The van der Waals surface area contributed by atoms with Crippen LogP contribution in [-0.2, 0) is 14.3 Å². The lowest BCUT2D eigenvalue weighted by molar-refractivity contribution is -0.130. The van der Waals surface area contributed by atoms with Gasteiger partial charge >= 0.3 is 5.97 Å². The molecule has 6 aliphatic carbocycles. The molecule has 1 saturated heterocycles.